The van der Waals surface area contributed by atoms with E-state index in [-0.39, 0.29) is 11.9 Å². The summed E-state index contributed by atoms with van der Waals surface area (Å²) >= 11 is 0. The van der Waals surface area contributed by atoms with E-state index in [0.29, 0.717) is 37.5 Å². The standard InChI is InChI=1S/C26H32F3N3O/c1-17(2)10-11-30-25(33)22-15-19-14-20(26(27,28)29)6-9-23(19)32-13-12-31(16-24(22)32)21-7-4-18(3)5-8-21/h4-9,14,17,22,24H,10-13,15-16H2,1-3H3,(H,30,33). The number of hydrogen-bond acceptors (Lipinski definition) is 3. The van der Waals surface area contributed by atoms with Gasteiger partial charge in [-0.3, -0.25) is 4.79 Å². The van der Waals surface area contributed by atoms with Gasteiger partial charge < -0.3 is 15.1 Å². The average Bonchev–Trinajstić information content (AvgIpc) is 2.77. The normalized spacial score (nSPS) is 20.5. The highest BCUT2D eigenvalue weighted by Gasteiger charge is 2.42. The minimum absolute atomic E-state index is 0.0699. The number of benzene rings is 2. The number of halogens is 3. The molecule has 4 rings (SSSR count). The molecule has 1 amide bonds. The summed E-state index contributed by atoms with van der Waals surface area (Å²) in [6.07, 6.45) is -3.21. The number of carbonyl (C=O) groups excluding carboxylic acids is 1. The van der Waals surface area contributed by atoms with Crippen LogP contribution < -0.4 is 15.1 Å². The van der Waals surface area contributed by atoms with Gasteiger partial charge in [-0.1, -0.05) is 31.5 Å². The fourth-order valence-corrected chi connectivity index (χ4v) is 4.90. The van der Waals surface area contributed by atoms with E-state index in [0.717, 1.165) is 30.4 Å². The van der Waals surface area contributed by atoms with Gasteiger partial charge in [-0.05, 0) is 61.6 Å². The van der Waals surface area contributed by atoms with Crippen LogP contribution in [0, 0.1) is 18.8 Å². The van der Waals surface area contributed by atoms with Crippen LogP contribution in [0.4, 0.5) is 24.5 Å². The Labute approximate surface area is 193 Å². The molecule has 2 aromatic carbocycles. The third-order valence-corrected chi connectivity index (χ3v) is 6.80. The van der Waals surface area contributed by atoms with Gasteiger partial charge in [0, 0.05) is 37.6 Å². The number of alkyl halides is 3. The van der Waals surface area contributed by atoms with Crippen LogP contribution in [0.3, 0.4) is 0 Å². The summed E-state index contributed by atoms with van der Waals surface area (Å²) in [6.45, 7) is 8.90. The van der Waals surface area contributed by atoms with Crippen molar-refractivity contribution in [2.24, 2.45) is 11.8 Å². The maximum Gasteiger partial charge on any atom is 0.416 e. The third-order valence-electron chi connectivity index (χ3n) is 6.80. The van der Waals surface area contributed by atoms with Crippen LogP contribution in [-0.2, 0) is 17.4 Å². The lowest BCUT2D eigenvalue weighted by Crippen LogP contribution is -2.61. The van der Waals surface area contributed by atoms with Crippen molar-refractivity contribution in [2.45, 2.75) is 45.8 Å². The van der Waals surface area contributed by atoms with Crippen LogP contribution in [0.2, 0.25) is 0 Å². The second kappa shape index (κ2) is 9.27. The molecule has 2 heterocycles. The first kappa shape index (κ1) is 23.5. The Balaban J connectivity index is 1.63. The van der Waals surface area contributed by atoms with Crippen LogP contribution >= 0.6 is 0 Å². The summed E-state index contributed by atoms with van der Waals surface area (Å²) in [5.74, 6) is -0.00389. The van der Waals surface area contributed by atoms with Gasteiger partial charge in [0.05, 0.1) is 17.5 Å². The zero-order valence-corrected chi connectivity index (χ0v) is 19.5. The summed E-state index contributed by atoms with van der Waals surface area (Å²) in [5, 5.41) is 3.05. The molecule has 0 bridgehead atoms. The van der Waals surface area contributed by atoms with E-state index < -0.39 is 17.7 Å². The van der Waals surface area contributed by atoms with Gasteiger partial charge in [-0.2, -0.15) is 13.2 Å². The third kappa shape index (κ3) is 5.12. The number of anilines is 2. The summed E-state index contributed by atoms with van der Waals surface area (Å²) in [7, 11) is 0. The number of piperazine rings is 1. The predicted molar refractivity (Wildman–Crippen MR) is 126 cm³/mol. The van der Waals surface area contributed by atoms with Crippen LogP contribution in [0.5, 0.6) is 0 Å². The highest BCUT2D eigenvalue weighted by atomic mass is 19.4. The maximum absolute atomic E-state index is 13.4. The molecule has 0 aromatic heterocycles. The minimum Gasteiger partial charge on any atom is -0.368 e. The molecule has 0 saturated carbocycles. The fraction of sp³-hybridized carbons (Fsp3) is 0.500. The number of hydrogen-bond donors (Lipinski definition) is 1. The van der Waals surface area contributed by atoms with Gasteiger partial charge in [-0.25, -0.2) is 0 Å². The number of nitrogens with one attached hydrogen (secondary N) is 1. The van der Waals surface area contributed by atoms with Gasteiger partial charge >= 0.3 is 6.18 Å². The number of nitrogens with zero attached hydrogens (tertiary/aromatic N) is 2. The minimum atomic E-state index is -4.40. The lowest BCUT2D eigenvalue weighted by molar-refractivity contribution is -0.137. The van der Waals surface area contributed by atoms with Crippen molar-refractivity contribution in [2.75, 3.05) is 36.0 Å². The first-order valence-corrected chi connectivity index (χ1v) is 11.7. The molecule has 2 atom stereocenters. The molecule has 1 saturated heterocycles. The van der Waals surface area contributed by atoms with Crippen LogP contribution in [0.25, 0.3) is 0 Å². The highest BCUT2D eigenvalue weighted by Crippen LogP contribution is 2.40. The first-order valence-electron chi connectivity index (χ1n) is 11.7. The van der Waals surface area contributed by atoms with E-state index in [1.807, 2.05) is 6.92 Å². The van der Waals surface area contributed by atoms with E-state index in [2.05, 4.69) is 53.2 Å². The number of fused-ring (bicyclic) bond motifs is 3. The molecule has 0 radical (unpaired) electrons. The Morgan fingerprint density at radius 1 is 1.12 bits per heavy atom. The number of amides is 1. The number of rotatable bonds is 5. The van der Waals surface area contributed by atoms with Gasteiger partial charge in [0.15, 0.2) is 0 Å². The van der Waals surface area contributed by atoms with E-state index in [1.54, 1.807) is 6.07 Å². The molecule has 2 aromatic rings. The second-order valence-electron chi connectivity index (χ2n) is 9.67. The van der Waals surface area contributed by atoms with Gasteiger partial charge in [0.1, 0.15) is 0 Å². The summed E-state index contributed by atoms with van der Waals surface area (Å²) in [4.78, 5) is 17.7. The molecule has 33 heavy (non-hydrogen) atoms. The van der Waals surface area contributed by atoms with Crippen molar-refractivity contribution in [3.05, 3.63) is 59.2 Å². The van der Waals surface area contributed by atoms with Crippen LogP contribution in [-0.4, -0.2) is 38.1 Å². The quantitative estimate of drug-likeness (QED) is 0.680. The Hall–Kier alpha value is -2.70. The van der Waals surface area contributed by atoms with Gasteiger partial charge in [-0.15, -0.1) is 0 Å². The summed E-state index contributed by atoms with van der Waals surface area (Å²) in [6, 6.07) is 12.2. The van der Waals surface area contributed by atoms with Crippen molar-refractivity contribution in [3.8, 4) is 0 Å². The molecule has 7 heteroatoms. The van der Waals surface area contributed by atoms with Crippen molar-refractivity contribution < 1.29 is 18.0 Å². The maximum atomic E-state index is 13.4. The number of aryl methyl sites for hydroxylation is 1. The topological polar surface area (TPSA) is 35.6 Å². The SMILES string of the molecule is Cc1ccc(N2CCN3c4ccc(C(F)(F)F)cc4CC(C(=O)NCCC(C)C)C3C2)cc1. The lowest BCUT2D eigenvalue weighted by atomic mass is 9.82. The summed E-state index contributed by atoms with van der Waals surface area (Å²) in [5.41, 5.74) is 3.07. The van der Waals surface area contributed by atoms with Crippen molar-refractivity contribution in [1.82, 2.24) is 5.32 Å². The molecular formula is C26H32F3N3O. The zero-order chi connectivity index (χ0) is 23.8. The summed E-state index contributed by atoms with van der Waals surface area (Å²) < 4.78 is 40.1. The Kier molecular flexibility index (Phi) is 6.59. The average molecular weight is 460 g/mol. The van der Waals surface area contributed by atoms with Gasteiger partial charge in [0.25, 0.3) is 0 Å². The second-order valence-corrected chi connectivity index (χ2v) is 9.67. The number of carbonyl (C=O) groups is 1. The first-order chi connectivity index (χ1) is 15.6. The highest BCUT2D eigenvalue weighted by molar-refractivity contribution is 5.82. The molecular weight excluding hydrogens is 427 g/mol. The lowest BCUT2D eigenvalue weighted by Gasteiger charge is -2.49. The molecule has 1 N–H and O–H groups in total. The van der Waals surface area contributed by atoms with E-state index in [4.69, 9.17) is 0 Å². The Morgan fingerprint density at radius 2 is 1.85 bits per heavy atom. The smallest absolute Gasteiger partial charge is 0.368 e. The predicted octanol–water partition coefficient (Wildman–Crippen LogP) is 5.04. The van der Waals surface area contributed by atoms with Gasteiger partial charge in [0.2, 0.25) is 5.91 Å². The molecule has 2 aliphatic rings. The molecule has 4 nitrogen and oxygen atoms in total. The Morgan fingerprint density at radius 3 is 2.52 bits per heavy atom. The largest absolute Gasteiger partial charge is 0.416 e. The molecule has 2 aliphatic heterocycles. The van der Waals surface area contributed by atoms with Crippen molar-refractivity contribution in [3.63, 3.8) is 0 Å². The monoisotopic (exact) mass is 459 g/mol. The molecule has 1 fully saturated rings. The fourth-order valence-electron chi connectivity index (χ4n) is 4.90. The van der Waals surface area contributed by atoms with Crippen molar-refractivity contribution >= 4 is 17.3 Å². The van der Waals surface area contributed by atoms with E-state index in [9.17, 15) is 18.0 Å². The van der Waals surface area contributed by atoms with Crippen LogP contribution in [0.15, 0.2) is 42.5 Å². The van der Waals surface area contributed by atoms with Crippen LogP contribution in [0.1, 0.15) is 37.0 Å². The molecule has 2 unspecified atom stereocenters. The Bertz CT molecular complexity index is 987. The van der Waals surface area contributed by atoms with Crippen molar-refractivity contribution in [1.29, 1.82) is 0 Å². The zero-order valence-electron chi connectivity index (χ0n) is 19.5. The van der Waals surface area contributed by atoms with E-state index in [1.165, 1.54) is 11.6 Å². The van der Waals surface area contributed by atoms with E-state index >= 15 is 0 Å². The molecule has 178 valence electrons. The molecule has 0 aliphatic carbocycles. The molecule has 0 spiro atoms.